The van der Waals surface area contributed by atoms with Gasteiger partial charge in [-0.25, -0.2) is 9.18 Å². The van der Waals surface area contributed by atoms with Crippen molar-refractivity contribution in [1.82, 2.24) is 0 Å². The molecule has 0 radical (unpaired) electrons. The summed E-state index contributed by atoms with van der Waals surface area (Å²) in [7, 11) is 0. The van der Waals surface area contributed by atoms with Gasteiger partial charge in [-0.15, -0.1) is 0 Å². The lowest BCUT2D eigenvalue weighted by Gasteiger charge is -2.10. The van der Waals surface area contributed by atoms with Crippen LogP contribution in [-0.4, -0.2) is 27.2 Å². The number of carboxylic acids is 1. The average Bonchev–Trinajstić information content (AvgIpc) is 2.40. The molecule has 0 aliphatic heterocycles. The minimum Gasteiger partial charge on any atom is -0.507 e. The molecule has 0 aliphatic rings. The van der Waals surface area contributed by atoms with Gasteiger partial charge in [0, 0.05) is 0 Å². The fourth-order valence-corrected chi connectivity index (χ4v) is 1.69. The summed E-state index contributed by atoms with van der Waals surface area (Å²) in [5.41, 5.74) is -0.971. The number of amides is 1. The first-order chi connectivity index (χ1) is 9.90. The highest BCUT2D eigenvalue weighted by Crippen LogP contribution is 2.27. The number of hydrogen-bond acceptors (Lipinski definition) is 4. The van der Waals surface area contributed by atoms with E-state index in [4.69, 9.17) is 5.11 Å². The van der Waals surface area contributed by atoms with Crippen molar-refractivity contribution >= 4 is 17.6 Å². The Morgan fingerprint density at radius 2 is 1.76 bits per heavy atom. The van der Waals surface area contributed by atoms with Crippen molar-refractivity contribution in [1.29, 1.82) is 0 Å². The van der Waals surface area contributed by atoms with Gasteiger partial charge in [-0.05, 0) is 30.3 Å². The molecule has 0 spiro atoms. The molecule has 21 heavy (non-hydrogen) atoms. The summed E-state index contributed by atoms with van der Waals surface area (Å²) < 4.78 is 13.5. The van der Waals surface area contributed by atoms with E-state index in [0.29, 0.717) is 0 Å². The lowest BCUT2D eigenvalue weighted by atomic mass is 10.1. The van der Waals surface area contributed by atoms with E-state index < -0.39 is 29.0 Å². The molecule has 6 nitrogen and oxygen atoms in total. The first-order valence-corrected chi connectivity index (χ1v) is 5.75. The zero-order valence-corrected chi connectivity index (χ0v) is 10.5. The van der Waals surface area contributed by atoms with Crippen molar-refractivity contribution < 1.29 is 29.3 Å². The molecular weight excluding hydrogens is 281 g/mol. The summed E-state index contributed by atoms with van der Waals surface area (Å²) >= 11 is 0. The van der Waals surface area contributed by atoms with Crippen LogP contribution < -0.4 is 5.32 Å². The standard InChI is InChI=1S/C14H10FNO5/c15-8-2-1-3-11(18)12(8)13(19)16-9-6-7(14(20)21)4-5-10(9)17/h1-6,17-18H,(H,16,19)(H,20,21). The summed E-state index contributed by atoms with van der Waals surface area (Å²) in [4.78, 5) is 22.8. The van der Waals surface area contributed by atoms with Crippen LogP contribution in [0.5, 0.6) is 11.5 Å². The van der Waals surface area contributed by atoms with Gasteiger partial charge in [-0.1, -0.05) is 6.07 Å². The SMILES string of the molecule is O=C(O)c1ccc(O)c(NC(=O)c2c(O)cccc2F)c1. The number of rotatable bonds is 3. The fourth-order valence-electron chi connectivity index (χ4n) is 1.69. The molecule has 0 heterocycles. The maximum Gasteiger partial charge on any atom is 0.335 e. The van der Waals surface area contributed by atoms with Gasteiger partial charge in [0.2, 0.25) is 0 Å². The molecule has 2 rings (SSSR count). The van der Waals surface area contributed by atoms with Gasteiger partial charge in [0.25, 0.3) is 5.91 Å². The van der Waals surface area contributed by atoms with Crippen LogP contribution in [0, 0.1) is 5.82 Å². The van der Waals surface area contributed by atoms with Gasteiger partial charge in [0.15, 0.2) is 0 Å². The topological polar surface area (TPSA) is 107 Å². The monoisotopic (exact) mass is 291 g/mol. The Bertz CT molecular complexity index is 709. The molecule has 0 saturated carbocycles. The minimum absolute atomic E-state index is 0.166. The van der Waals surface area contributed by atoms with Gasteiger partial charge < -0.3 is 20.6 Å². The Hall–Kier alpha value is -3.09. The number of carboxylic acid groups (broad SMARTS) is 1. The molecular formula is C14H10FNO5. The molecule has 0 bridgehead atoms. The van der Waals surface area contributed by atoms with E-state index in [0.717, 1.165) is 30.3 Å². The average molecular weight is 291 g/mol. The number of hydrogen-bond donors (Lipinski definition) is 4. The van der Waals surface area contributed by atoms with Gasteiger partial charge in [0.05, 0.1) is 11.3 Å². The Balaban J connectivity index is 2.36. The first-order valence-electron chi connectivity index (χ1n) is 5.75. The molecule has 1 amide bonds. The van der Waals surface area contributed by atoms with Crippen LogP contribution in [0.25, 0.3) is 0 Å². The van der Waals surface area contributed by atoms with Crippen molar-refractivity contribution in [3.8, 4) is 11.5 Å². The lowest BCUT2D eigenvalue weighted by molar-refractivity contribution is 0.0696. The second-order valence-corrected chi connectivity index (χ2v) is 4.13. The van der Waals surface area contributed by atoms with E-state index in [9.17, 15) is 24.2 Å². The number of carbonyl (C=O) groups excluding carboxylic acids is 1. The Labute approximate surface area is 118 Å². The zero-order valence-electron chi connectivity index (χ0n) is 10.5. The summed E-state index contributed by atoms with van der Waals surface area (Å²) in [5.74, 6) is -4.16. The highest BCUT2D eigenvalue weighted by Gasteiger charge is 2.18. The largest absolute Gasteiger partial charge is 0.507 e. The van der Waals surface area contributed by atoms with Gasteiger partial charge in [-0.2, -0.15) is 0 Å². The molecule has 108 valence electrons. The van der Waals surface area contributed by atoms with Crippen LogP contribution in [0.3, 0.4) is 0 Å². The number of anilines is 1. The summed E-state index contributed by atoms with van der Waals surface area (Å²) in [6, 6.07) is 6.60. The normalized spacial score (nSPS) is 10.1. The molecule has 0 fully saturated rings. The third kappa shape index (κ3) is 2.92. The van der Waals surface area contributed by atoms with Crippen LogP contribution in [-0.2, 0) is 0 Å². The molecule has 0 saturated heterocycles. The first kappa shape index (κ1) is 14.3. The van der Waals surface area contributed by atoms with E-state index in [1.807, 2.05) is 0 Å². The van der Waals surface area contributed by atoms with Crippen LogP contribution in [0.2, 0.25) is 0 Å². The summed E-state index contributed by atoms with van der Waals surface area (Å²) in [6.45, 7) is 0. The quantitative estimate of drug-likeness (QED) is 0.648. The second-order valence-electron chi connectivity index (χ2n) is 4.13. The minimum atomic E-state index is -1.25. The van der Waals surface area contributed by atoms with Crippen LogP contribution in [0.15, 0.2) is 36.4 Å². The number of aromatic hydroxyl groups is 2. The molecule has 2 aromatic carbocycles. The predicted molar refractivity (Wildman–Crippen MR) is 71.1 cm³/mol. The zero-order chi connectivity index (χ0) is 15.6. The van der Waals surface area contributed by atoms with E-state index in [2.05, 4.69) is 5.32 Å². The molecule has 2 aromatic rings. The van der Waals surface area contributed by atoms with E-state index in [1.54, 1.807) is 0 Å². The Morgan fingerprint density at radius 1 is 1.05 bits per heavy atom. The Morgan fingerprint density at radius 3 is 2.38 bits per heavy atom. The van der Waals surface area contributed by atoms with Crippen molar-refractivity contribution in [3.63, 3.8) is 0 Å². The Kier molecular flexibility index (Phi) is 3.75. The van der Waals surface area contributed by atoms with Gasteiger partial charge in [0.1, 0.15) is 22.9 Å². The molecule has 0 aromatic heterocycles. The number of nitrogens with one attached hydrogen (secondary N) is 1. The summed E-state index contributed by atoms with van der Waals surface area (Å²) in [6.07, 6.45) is 0. The highest BCUT2D eigenvalue weighted by molar-refractivity contribution is 6.07. The van der Waals surface area contributed by atoms with Crippen molar-refractivity contribution in [2.75, 3.05) is 5.32 Å². The van der Waals surface area contributed by atoms with E-state index in [-0.39, 0.29) is 17.0 Å². The third-order valence-corrected chi connectivity index (χ3v) is 2.71. The molecule has 7 heteroatoms. The number of benzene rings is 2. The van der Waals surface area contributed by atoms with Crippen LogP contribution in [0.1, 0.15) is 20.7 Å². The number of aromatic carboxylic acids is 1. The maximum atomic E-state index is 13.5. The van der Waals surface area contributed by atoms with Gasteiger partial charge >= 0.3 is 5.97 Å². The van der Waals surface area contributed by atoms with Crippen molar-refractivity contribution in [2.24, 2.45) is 0 Å². The molecule has 0 unspecified atom stereocenters. The number of halogens is 1. The molecule has 4 N–H and O–H groups in total. The number of phenols is 2. The smallest absolute Gasteiger partial charge is 0.335 e. The second kappa shape index (κ2) is 5.49. The maximum absolute atomic E-state index is 13.5. The molecule has 0 atom stereocenters. The van der Waals surface area contributed by atoms with Crippen molar-refractivity contribution in [3.05, 3.63) is 53.3 Å². The number of carbonyl (C=O) groups is 2. The number of phenolic OH excluding ortho intramolecular Hbond substituents is 2. The third-order valence-electron chi connectivity index (χ3n) is 2.71. The fraction of sp³-hybridized carbons (Fsp3) is 0. The van der Waals surface area contributed by atoms with Crippen LogP contribution in [0.4, 0.5) is 10.1 Å². The highest BCUT2D eigenvalue weighted by atomic mass is 19.1. The van der Waals surface area contributed by atoms with Crippen molar-refractivity contribution in [2.45, 2.75) is 0 Å². The predicted octanol–water partition coefficient (Wildman–Crippen LogP) is 2.19. The summed E-state index contributed by atoms with van der Waals surface area (Å²) in [5, 5.41) is 30.1. The van der Waals surface area contributed by atoms with Gasteiger partial charge in [-0.3, -0.25) is 4.79 Å². The van der Waals surface area contributed by atoms with Crippen LogP contribution >= 0.6 is 0 Å². The van der Waals surface area contributed by atoms with E-state index in [1.165, 1.54) is 6.07 Å². The lowest BCUT2D eigenvalue weighted by Crippen LogP contribution is -2.14. The van der Waals surface area contributed by atoms with E-state index >= 15 is 0 Å². The molecule has 0 aliphatic carbocycles.